The van der Waals surface area contributed by atoms with Crippen molar-refractivity contribution >= 4 is 0 Å². The highest BCUT2D eigenvalue weighted by atomic mass is 16.7. The number of ether oxygens (including phenoxy) is 2. The van der Waals surface area contributed by atoms with Crippen LogP contribution in [-0.4, -0.2) is 30.7 Å². The molecule has 0 radical (unpaired) electrons. The van der Waals surface area contributed by atoms with E-state index in [0.717, 1.165) is 13.0 Å². The fourth-order valence-electron chi connectivity index (χ4n) is 1.44. The average Bonchev–Trinajstić information content (AvgIpc) is 2.35. The molecule has 52 valence electrons. The van der Waals surface area contributed by atoms with Gasteiger partial charge in [0.05, 0.1) is 19.3 Å². The first-order valence-electron chi connectivity index (χ1n) is 3.29. The molecule has 0 amide bonds. The molecule has 0 aromatic rings. The summed E-state index contributed by atoms with van der Waals surface area (Å²) in [6, 6.07) is 0. The van der Waals surface area contributed by atoms with Gasteiger partial charge in [0, 0.05) is 5.92 Å². The Kier molecular flexibility index (Phi) is 1.22. The molecule has 2 heterocycles. The summed E-state index contributed by atoms with van der Waals surface area (Å²) in [5, 5.41) is 9.19. The van der Waals surface area contributed by atoms with Gasteiger partial charge < -0.3 is 14.6 Å². The van der Waals surface area contributed by atoms with Crippen LogP contribution in [0.3, 0.4) is 0 Å². The topological polar surface area (TPSA) is 38.7 Å². The normalized spacial score (nSPS) is 49.7. The zero-order valence-electron chi connectivity index (χ0n) is 5.12. The van der Waals surface area contributed by atoms with Crippen LogP contribution < -0.4 is 0 Å². The molecule has 2 fully saturated rings. The molecule has 9 heavy (non-hydrogen) atoms. The van der Waals surface area contributed by atoms with Gasteiger partial charge in [0.25, 0.3) is 0 Å². The second-order valence-electron chi connectivity index (χ2n) is 2.59. The minimum Gasteiger partial charge on any atom is -0.390 e. The second kappa shape index (κ2) is 1.94. The lowest BCUT2D eigenvalue weighted by molar-refractivity contribution is -0.0907. The Balaban J connectivity index is 2.07. The molecule has 2 rings (SSSR count). The highest BCUT2D eigenvalue weighted by molar-refractivity contribution is 4.81. The first kappa shape index (κ1) is 5.65. The van der Waals surface area contributed by atoms with E-state index in [1.807, 2.05) is 0 Å². The third-order valence-electron chi connectivity index (χ3n) is 2.01. The number of hydrogen-bond donors (Lipinski definition) is 1. The monoisotopic (exact) mass is 130 g/mol. The Morgan fingerprint density at radius 1 is 1.33 bits per heavy atom. The van der Waals surface area contributed by atoms with Gasteiger partial charge in [-0.25, -0.2) is 0 Å². The molecule has 2 aliphatic rings. The summed E-state index contributed by atoms with van der Waals surface area (Å²) in [4.78, 5) is 0. The first-order valence-corrected chi connectivity index (χ1v) is 3.29. The number of aliphatic hydroxyl groups excluding tert-OH is 1. The predicted octanol–water partition coefficient (Wildman–Crippen LogP) is -0.260. The van der Waals surface area contributed by atoms with Crippen LogP contribution in [0.1, 0.15) is 6.42 Å². The Morgan fingerprint density at radius 2 is 2.22 bits per heavy atom. The molecule has 2 saturated heterocycles. The summed E-state index contributed by atoms with van der Waals surface area (Å²) in [5.41, 5.74) is 0. The van der Waals surface area contributed by atoms with Crippen LogP contribution in [0.2, 0.25) is 0 Å². The first-order chi connectivity index (χ1) is 4.38. The third-order valence-corrected chi connectivity index (χ3v) is 2.01. The van der Waals surface area contributed by atoms with E-state index in [-0.39, 0.29) is 18.3 Å². The molecule has 0 saturated carbocycles. The summed E-state index contributed by atoms with van der Waals surface area (Å²) in [5.74, 6) is 0.255. The van der Waals surface area contributed by atoms with Crippen LogP contribution in [-0.2, 0) is 9.47 Å². The Labute approximate surface area is 53.6 Å². The van der Waals surface area contributed by atoms with Crippen LogP contribution >= 0.6 is 0 Å². The lowest BCUT2D eigenvalue weighted by atomic mass is 10.0. The summed E-state index contributed by atoms with van der Waals surface area (Å²) >= 11 is 0. The maximum Gasteiger partial charge on any atom is 0.163 e. The van der Waals surface area contributed by atoms with E-state index in [1.165, 1.54) is 0 Å². The highest BCUT2D eigenvalue weighted by Crippen LogP contribution is 2.30. The molecule has 0 aliphatic carbocycles. The van der Waals surface area contributed by atoms with E-state index >= 15 is 0 Å². The summed E-state index contributed by atoms with van der Waals surface area (Å²) in [7, 11) is 0. The van der Waals surface area contributed by atoms with Gasteiger partial charge in [-0.3, -0.25) is 0 Å². The quantitative estimate of drug-likeness (QED) is 0.491. The van der Waals surface area contributed by atoms with Crippen molar-refractivity contribution in [1.82, 2.24) is 0 Å². The van der Waals surface area contributed by atoms with Crippen LogP contribution in [0.15, 0.2) is 0 Å². The molecule has 0 unspecified atom stereocenters. The average molecular weight is 130 g/mol. The van der Waals surface area contributed by atoms with E-state index < -0.39 is 0 Å². The van der Waals surface area contributed by atoms with Crippen molar-refractivity contribution in [2.24, 2.45) is 5.92 Å². The largest absolute Gasteiger partial charge is 0.390 e. The van der Waals surface area contributed by atoms with E-state index in [4.69, 9.17) is 9.47 Å². The van der Waals surface area contributed by atoms with Crippen molar-refractivity contribution in [1.29, 1.82) is 0 Å². The highest BCUT2D eigenvalue weighted by Gasteiger charge is 2.40. The Morgan fingerprint density at radius 3 is 3.00 bits per heavy atom. The molecular weight excluding hydrogens is 120 g/mol. The standard InChI is InChI=1S/C6H10O3/c7-5-3-9-6-4(5)1-2-8-6/h4-7H,1-3H2/t4-,5+,6-/m1/s1. The molecule has 0 spiro atoms. The zero-order chi connectivity index (χ0) is 6.27. The zero-order valence-corrected chi connectivity index (χ0v) is 5.12. The predicted molar refractivity (Wildman–Crippen MR) is 29.8 cm³/mol. The van der Waals surface area contributed by atoms with Crippen LogP contribution in [0.5, 0.6) is 0 Å². The molecule has 1 N–H and O–H groups in total. The maximum absolute atomic E-state index is 9.19. The molecular formula is C6H10O3. The number of fused-ring (bicyclic) bond motifs is 1. The van der Waals surface area contributed by atoms with E-state index in [9.17, 15) is 5.11 Å². The molecule has 0 aromatic carbocycles. The van der Waals surface area contributed by atoms with Gasteiger partial charge in [-0.2, -0.15) is 0 Å². The van der Waals surface area contributed by atoms with Gasteiger partial charge in [-0.15, -0.1) is 0 Å². The fourth-order valence-corrected chi connectivity index (χ4v) is 1.44. The lowest BCUT2D eigenvalue weighted by Gasteiger charge is -2.06. The Hall–Kier alpha value is -0.120. The molecule has 3 heteroatoms. The lowest BCUT2D eigenvalue weighted by Crippen LogP contribution is -2.18. The summed E-state index contributed by atoms with van der Waals surface area (Å²) in [6.45, 7) is 1.20. The molecule has 2 aliphatic heterocycles. The van der Waals surface area contributed by atoms with Crippen molar-refractivity contribution in [2.75, 3.05) is 13.2 Å². The molecule has 0 aromatic heterocycles. The summed E-state index contributed by atoms with van der Waals surface area (Å²) in [6.07, 6.45) is 0.573. The fraction of sp³-hybridized carbons (Fsp3) is 1.00. The van der Waals surface area contributed by atoms with E-state index in [2.05, 4.69) is 0 Å². The van der Waals surface area contributed by atoms with Crippen LogP contribution in [0.25, 0.3) is 0 Å². The molecule has 0 bridgehead atoms. The summed E-state index contributed by atoms with van der Waals surface area (Å²) < 4.78 is 10.3. The second-order valence-corrected chi connectivity index (χ2v) is 2.59. The van der Waals surface area contributed by atoms with E-state index in [0.29, 0.717) is 6.61 Å². The number of rotatable bonds is 0. The smallest absolute Gasteiger partial charge is 0.163 e. The van der Waals surface area contributed by atoms with Crippen molar-refractivity contribution in [3.63, 3.8) is 0 Å². The molecule has 3 nitrogen and oxygen atoms in total. The van der Waals surface area contributed by atoms with E-state index in [1.54, 1.807) is 0 Å². The van der Waals surface area contributed by atoms with Crippen molar-refractivity contribution < 1.29 is 14.6 Å². The van der Waals surface area contributed by atoms with Gasteiger partial charge in [0.2, 0.25) is 0 Å². The molecule has 3 atom stereocenters. The van der Waals surface area contributed by atoms with Crippen molar-refractivity contribution in [3.8, 4) is 0 Å². The van der Waals surface area contributed by atoms with Gasteiger partial charge in [-0.05, 0) is 6.42 Å². The number of aliphatic hydroxyl groups is 1. The van der Waals surface area contributed by atoms with Crippen molar-refractivity contribution in [2.45, 2.75) is 18.8 Å². The maximum atomic E-state index is 9.19. The SMILES string of the molecule is O[C@H]1CO[C@H]2OCC[C@@H]21. The van der Waals surface area contributed by atoms with Crippen LogP contribution in [0, 0.1) is 5.92 Å². The minimum absolute atomic E-state index is 0.0972. The van der Waals surface area contributed by atoms with Gasteiger partial charge in [0.1, 0.15) is 0 Å². The van der Waals surface area contributed by atoms with Gasteiger partial charge in [0.15, 0.2) is 6.29 Å². The van der Waals surface area contributed by atoms with Crippen LogP contribution in [0.4, 0.5) is 0 Å². The Bertz CT molecular complexity index is 115. The van der Waals surface area contributed by atoms with Gasteiger partial charge >= 0.3 is 0 Å². The minimum atomic E-state index is -0.280. The van der Waals surface area contributed by atoms with Crippen molar-refractivity contribution in [3.05, 3.63) is 0 Å². The van der Waals surface area contributed by atoms with Gasteiger partial charge in [-0.1, -0.05) is 0 Å². The number of hydrogen-bond acceptors (Lipinski definition) is 3. The third kappa shape index (κ3) is 0.764.